The van der Waals surface area contributed by atoms with Gasteiger partial charge in [-0.3, -0.25) is 9.59 Å². The summed E-state index contributed by atoms with van der Waals surface area (Å²) in [6, 6.07) is 3.41. The number of hydrogen-bond donors (Lipinski definition) is 0. The maximum atomic E-state index is 12.5. The highest BCUT2D eigenvalue weighted by molar-refractivity contribution is 7.17. The Morgan fingerprint density at radius 2 is 2.05 bits per heavy atom. The van der Waals surface area contributed by atoms with Crippen molar-refractivity contribution in [3.05, 3.63) is 33.9 Å². The lowest BCUT2D eigenvalue weighted by atomic mass is 10.2. The first-order chi connectivity index (χ1) is 10.0. The van der Waals surface area contributed by atoms with Crippen molar-refractivity contribution < 1.29 is 9.53 Å². The summed E-state index contributed by atoms with van der Waals surface area (Å²) in [6.07, 6.45) is 1.82. The van der Waals surface area contributed by atoms with E-state index in [0.29, 0.717) is 17.8 Å². The largest absolute Gasteiger partial charge is 0.372 e. The lowest BCUT2D eigenvalue weighted by Crippen LogP contribution is -2.49. The number of hydrogen-bond acceptors (Lipinski definition) is 4. The molecule has 6 heteroatoms. The average Bonchev–Trinajstić information content (AvgIpc) is 2.91. The summed E-state index contributed by atoms with van der Waals surface area (Å²) in [6.45, 7) is 5.46. The minimum atomic E-state index is 0.0114. The fourth-order valence-corrected chi connectivity index (χ4v) is 3.62. The molecule has 21 heavy (non-hydrogen) atoms. The fraction of sp³-hybridized carbons (Fsp3) is 0.467. The standard InChI is InChI=1S/C15H18N2O3S/c1-10-7-17(8-11(2)20-10)14(19)9-16-5-3-13(18)15-12(16)4-6-21-15/h3-6,10-11H,7-9H2,1-2H3/t10-,11+. The molecule has 0 N–H and O–H groups in total. The zero-order chi connectivity index (χ0) is 15.0. The van der Waals surface area contributed by atoms with Gasteiger partial charge >= 0.3 is 0 Å². The van der Waals surface area contributed by atoms with Gasteiger partial charge in [-0.15, -0.1) is 11.3 Å². The normalized spacial score (nSPS) is 22.7. The monoisotopic (exact) mass is 306 g/mol. The van der Waals surface area contributed by atoms with Gasteiger partial charge in [0, 0.05) is 25.4 Å². The smallest absolute Gasteiger partial charge is 0.242 e. The summed E-state index contributed by atoms with van der Waals surface area (Å²) in [4.78, 5) is 26.1. The second kappa shape index (κ2) is 5.61. The van der Waals surface area contributed by atoms with Crippen LogP contribution in [0.25, 0.3) is 10.2 Å². The Balaban J connectivity index is 1.82. The number of amides is 1. The van der Waals surface area contributed by atoms with E-state index in [-0.39, 0.29) is 30.1 Å². The van der Waals surface area contributed by atoms with Crippen LogP contribution in [0.3, 0.4) is 0 Å². The molecular weight excluding hydrogens is 288 g/mol. The van der Waals surface area contributed by atoms with Gasteiger partial charge in [-0.25, -0.2) is 0 Å². The van der Waals surface area contributed by atoms with Gasteiger partial charge in [0.25, 0.3) is 0 Å². The molecule has 1 amide bonds. The molecule has 2 aromatic rings. The molecule has 1 fully saturated rings. The van der Waals surface area contributed by atoms with Gasteiger partial charge in [0.05, 0.1) is 22.4 Å². The molecule has 1 aliphatic heterocycles. The highest BCUT2D eigenvalue weighted by atomic mass is 32.1. The first kappa shape index (κ1) is 14.3. The van der Waals surface area contributed by atoms with Crippen LogP contribution in [0.1, 0.15) is 13.8 Å². The maximum Gasteiger partial charge on any atom is 0.242 e. The molecule has 1 saturated heterocycles. The zero-order valence-electron chi connectivity index (χ0n) is 12.1. The first-order valence-electron chi connectivity index (χ1n) is 7.04. The number of nitrogens with zero attached hydrogens (tertiary/aromatic N) is 2. The van der Waals surface area contributed by atoms with Crippen molar-refractivity contribution in [3.63, 3.8) is 0 Å². The molecule has 0 bridgehead atoms. The molecule has 3 rings (SSSR count). The lowest BCUT2D eigenvalue weighted by molar-refractivity contribution is -0.143. The van der Waals surface area contributed by atoms with Crippen molar-refractivity contribution >= 4 is 27.5 Å². The van der Waals surface area contributed by atoms with E-state index in [1.165, 1.54) is 17.4 Å². The first-order valence-corrected chi connectivity index (χ1v) is 7.92. The number of ether oxygens (including phenoxy) is 1. The predicted molar refractivity (Wildman–Crippen MR) is 82.7 cm³/mol. The summed E-state index contributed by atoms with van der Waals surface area (Å²) in [5.74, 6) is 0.0631. The number of pyridine rings is 1. The Kier molecular flexibility index (Phi) is 3.82. The SMILES string of the molecule is C[C@@H]1CN(C(=O)Cn2ccc(=O)c3sccc32)C[C@H](C)O1. The van der Waals surface area contributed by atoms with Crippen LogP contribution in [0.5, 0.6) is 0 Å². The van der Waals surface area contributed by atoms with Crippen LogP contribution in [-0.4, -0.2) is 40.7 Å². The minimum absolute atomic E-state index is 0.0114. The van der Waals surface area contributed by atoms with E-state index < -0.39 is 0 Å². The summed E-state index contributed by atoms with van der Waals surface area (Å²) < 4.78 is 8.20. The van der Waals surface area contributed by atoms with Crippen LogP contribution in [0.4, 0.5) is 0 Å². The molecule has 2 aromatic heterocycles. The van der Waals surface area contributed by atoms with Crippen LogP contribution >= 0.6 is 11.3 Å². The Labute approximate surface area is 126 Å². The van der Waals surface area contributed by atoms with Crippen molar-refractivity contribution in [3.8, 4) is 0 Å². The van der Waals surface area contributed by atoms with Gasteiger partial charge in [-0.2, -0.15) is 0 Å². The molecule has 0 aliphatic carbocycles. The van der Waals surface area contributed by atoms with Crippen LogP contribution in [0, 0.1) is 0 Å². The molecule has 0 saturated carbocycles. The Bertz CT molecular complexity index is 711. The fourth-order valence-electron chi connectivity index (χ4n) is 2.79. The molecule has 5 nitrogen and oxygen atoms in total. The van der Waals surface area contributed by atoms with Crippen LogP contribution in [-0.2, 0) is 16.1 Å². The lowest BCUT2D eigenvalue weighted by Gasteiger charge is -2.35. The van der Waals surface area contributed by atoms with Crippen molar-refractivity contribution in [1.29, 1.82) is 0 Å². The van der Waals surface area contributed by atoms with E-state index >= 15 is 0 Å². The van der Waals surface area contributed by atoms with Crippen LogP contribution < -0.4 is 5.43 Å². The molecule has 1 aliphatic rings. The number of aromatic nitrogens is 1. The number of morpholine rings is 1. The van der Waals surface area contributed by atoms with E-state index in [4.69, 9.17) is 4.74 Å². The molecule has 2 atom stereocenters. The second-order valence-corrected chi connectivity index (χ2v) is 6.42. The molecule has 0 unspecified atom stereocenters. The van der Waals surface area contributed by atoms with Gasteiger partial charge in [0.15, 0.2) is 5.43 Å². The Morgan fingerprint density at radius 1 is 1.33 bits per heavy atom. The number of thiophene rings is 1. The zero-order valence-corrected chi connectivity index (χ0v) is 12.9. The number of rotatable bonds is 2. The quantitative estimate of drug-likeness (QED) is 0.848. The molecule has 112 valence electrons. The van der Waals surface area contributed by atoms with Crippen molar-refractivity contribution in [2.24, 2.45) is 0 Å². The van der Waals surface area contributed by atoms with Crippen molar-refractivity contribution in [1.82, 2.24) is 9.47 Å². The van der Waals surface area contributed by atoms with Crippen LogP contribution in [0.15, 0.2) is 28.5 Å². The van der Waals surface area contributed by atoms with E-state index in [2.05, 4.69) is 0 Å². The van der Waals surface area contributed by atoms with Gasteiger partial charge in [0.2, 0.25) is 5.91 Å². The van der Waals surface area contributed by atoms with Gasteiger partial charge in [-0.05, 0) is 25.3 Å². The van der Waals surface area contributed by atoms with Gasteiger partial charge in [-0.1, -0.05) is 0 Å². The minimum Gasteiger partial charge on any atom is -0.372 e. The third-order valence-electron chi connectivity index (χ3n) is 3.66. The van der Waals surface area contributed by atoms with E-state index in [1.807, 2.05) is 34.8 Å². The number of fused-ring (bicyclic) bond motifs is 1. The topological polar surface area (TPSA) is 51.5 Å². The summed E-state index contributed by atoms with van der Waals surface area (Å²) in [5.41, 5.74) is 0.840. The highest BCUT2D eigenvalue weighted by Crippen LogP contribution is 2.17. The van der Waals surface area contributed by atoms with Crippen LogP contribution in [0.2, 0.25) is 0 Å². The number of carbonyl (C=O) groups excluding carboxylic acids is 1. The van der Waals surface area contributed by atoms with E-state index in [9.17, 15) is 9.59 Å². The number of carbonyl (C=O) groups is 1. The molecular formula is C15H18N2O3S. The highest BCUT2D eigenvalue weighted by Gasteiger charge is 2.25. The van der Waals surface area contributed by atoms with Gasteiger partial charge in [0.1, 0.15) is 6.54 Å². The molecule has 0 radical (unpaired) electrons. The average molecular weight is 306 g/mol. The maximum absolute atomic E-state index is 12.5. The molecule has 3 heterocycles. The Morgan fingerprint density at radius 3 is 2.76 bits per heavy atom. The predicted octanol–water partition coefficient (Wildman–Crippen LogP) is 1.70. The Hall–Kier alpha value is -1.66. The third kappa shape index (κ3) is 2.87. The molecule has 0 spiro atoms. The van der Waals surface area contributed by atoms with E-state index in [1.54, 1.807) is 6.20 Å². The van der Waals surface area contributed by atoms with Gasteiger partial charge < -0.3 is 14.2 Å². The summed E-state index contributed by atoms with van der Waals surface area (Å²) in [5, 5.41) is 1.88. The molecule has 0 aromatic carbocycles. The van der Waals surface area contributed by atoms with Crippen molar-refractivity contribution in [2.75, 3.05) is 13.1 Å². The third-order valence-corrected chi connectivity index (χ3v) is 4.58. The summed E-state index contributed by atoms with van der Waals surface area (Å²) >= 11 is 1.41. The second-order valence-electron chi connectivity index (χ2n) is 5.50. The van der Waals surface area contributed by atoms with E-state index in [0.717, 1.165) is 5.52 Å². The van der Waals surface area contributed by atoms with Crippen molar-refractivity contribution in [2.45, 2.75) is 32.6 Å². The summed E-state index contributed by atoms with van der Waals surface area (Å²) in [7, 11) is 0.